The van der Waals surface area contributed by atoms with Crippen LogP contribution in [0.15, 0.2) is 45.8 Å². The fraction of sp³-hybridized carbons (Fsp3) is 0.357. The summed E-state index contributed by atoms with van der Waals surface area (Å²) in [5, 5.41) is 3.91. The molecule has 0 atom stereocenters. The lowest BCUT2D eigenvalue weighted by Crippen LogP contribution is -2.40. The second-order valence-electron chi connectivity index (χ2n) is 4.33. The first kappa shape index (κ1) is 12.8. The molecule has 0 saturated carbocycles. The molecule has 2 aromatic rings. The van der Waals surface area contributed by atoms with Crippen LogP contribution in [-0.4, -0.2) is 38.1 Å². The minimum absolute atomic E-state index is 0.00634. The average molecular weight is 246 g/mol. The lowest BCUT2D eigenvalue weighted by atomic mass is 10.2. The van der Waals surface area contributed by atoms with Gasteiger partial charge in [0.05, 0.1) is 11.6 Å². The number of para-hydroxylation sites is 1. The molecular weight excluding hydrogens is 228 g/mol. The third-order valence-corrected chi connectivity index (χ3v) is 2.91. The van der Waals surface area contributed by atoms with E-state index < -0.39 is 0 Å². The van der Waals surface area contributed by atoms with Gasteiger partial charge < -0.3 is 14.6 Å². The monoisotopic (exact) mass is 246 g/mol. The predicted octanol–water partition coefficient (Wildman–Crippen LogP) is 1.31. The van der Waals surface area contributed by atoms with Crippen molar-refractivity contribution in [2.24, 2.45) is 0 Å². The van der Waals surface area contributed by atoms with E-state index in [1.807, 2.05) is 12.1 Å². The average Bonchev–Trinajstić information content (AvgIpc) is 2.41. The Bertz CT molecular complexity index is 539. The molecule has 4 heteroatoms. The lowest BCUT2D eigenvalue weighted by Gasteiger charge is -2.21. The third kappa shape index (κ3) is 3.42. The molecule has 0 bridgehead atoms. The van der Waals surface area contributed by atoms with E-state index in [1.165, 1.54) is 25.4 Å². The standard InChI is InChI=1S/C9H6O2.C5H12N2/c10-8-5-6-11-9-4-2-1-3-7(8)9;1-7-4-2-6-3-5-7/h1-6H;6H,2-5H2,1H3. The van der Waals surface area contributed by atoms with Gasteiger partial charge in [0.15, 0.2) is 5.43 Å². The van der Waals surface area contributed by atoms with E-state index in [0.717, 1.165) is 13.1 Å². The number of piperazine rings is 1. The van der Waals surface area contributed by atoms with Crippen LogP contribution in [0.5, 0.6) is 0 Å². The molecule has 0 spiro atoms. The van der Waals surface area contributed by atoms with Crippen LogP contribution in [0.1, 0.15) is 0 Å². The highest BCUT2D eigenvalue weighted by atomic mass is 16.3. The van der Waals surface area contributed by atoms with Gasteiger partial charge in [-0.1, -0.05) is 12.1 Å². The fourth-order valence-corrected chi connectivity index (χ4v) is 1.81. The van der Waals surface area contributed by atoms with Crippen molar-refractivity contribution in [3.63, 3.8) is 0 Å². The Labute approximate surface area is 106 Å². The van der Waals surface area contributed by atoms with Crippen LogP contribution >= 0.6 is 0 Å². The van der Waals surface area contributed by atoms with Crippen molar-refractivity contribution in [2.45, 2.75) is 0 Å². The summed E-state index contributed by atoms with van der Waals surface area (Å²) in [4.78, 5) is 13.4. The van der Waals surface area contributed by atoms with Gasteiger partial charge in [0.1, 0.15) is 5.58 Å². The van der Waals surface area contributed by atoms with E-state index in [9.17, 15) is 4.79 Å². The number of nitrogens with one attached hydrogen (secondary N) is 1. The Morgan fingerprint density at radius 3 is 2.50 bits per heavy atom. The zero-order chi connectivity index (χ0) is 12.8. The summed E-state index contributed by atoms with van der Waals surface area (Å²) in [6.45, 7) is 4.74. The van der Waals surface area contributed by atoms with Crippen molar-refractivity contribution in [1.82, 2.24) is 10.2 Å². The van der Waals surface area contributed by atoms with E-state index in [0.29, 0.717) is 11.0 Å². The van der Waals surface area contributed by atoms with E-state index in [-0.39, 0.29) is 5.43 Å². The highest BCUT2D eigenvalue weighted by Crippen LogP contribution is 2.06. The van der Waals surface area contributed by atoms with Crippen molar-refractivity contribution in [3.05, 3.63) is 46.8 Å². The van der Waals surface area contributed by atoms with Gasteiger partial charge in [0.2, 0.25) is 0 Å². The van der Waals surface area contributed by atoms with Crippen molar-refractivity contribution >= 4 is 11.0 Å². The molecule has 1 aromatic carbocycles. The molecule has 1 saturated heterocycles. The summed E-state index contributed by atoms with van der Waals surface area (Å²) >= 11 is 0. The molecule has 0 aliphatic carbocycles. The number of benzene rings is 1. The maximum Gasteiger partial charge on any atom is 0.192 e. The van der Waals surface area contributed by atoms with E-state index in [2.05, 4.69) is 17.3 Å². The third-order valence-electron chi connectivity index (χ3n) is 2.91. The molecule has 0 unspecified atom stereocenters. The molecule has 96 valence electrons. The zero-order valence-corrected chi connectivity index (χ0v) is 10.6. The van der Waals surface area contributed by atoms with Crippen LogP contribution in [0.4, 0.5) is 0 Å². The molecule has 2 heterocycles. The molecule has 0 amide bonds. The lowest BCUT2D eigenvalue weighted by molar-refractivity contribution is 0.291. The first-order chi connectivity index (χ1) is 8.77. The van der Waals surface area contributed by atoms with Crippen LogP contribution in [0, 0.1) is 0 Å². The maximum atomic E-state index is 11.1. The zero-order valence-electron chi connectivity index (χ0n) is 10.6. The van der Waals surface area contributed by atoms with E-state index in [4.69, 9.17) is 4.42 Å². The molecule has 1 aromatic heterocycles. The highest BCUT2D eigenvalue weighted by Gasteiger charge is 2.01. The van der Waals surface area contributed by atoms with Crippen LogP contribution in [0.2, 0.25) is 0 Å². The molecule has 1 aliphatic heterocycles. The Hall–Kier alpha value is -1.65. The number of rotatable bonds is 0. The minimum atomic E-state index is 0.00634. The van der Waals surface area contributed by atoms with Gasteiger partial charge in [-0.05, 0) is 19.2 Å². The second kappa shape index (κ2) is 6.33. The van der Waals surface area contributed by atoms with E-state index in [1.54, 1.807) is 12.1 Å². The summed E-state index contributed by atoms with van der Waals surface area (Å²) < 4.78 is 5.09. The van der Waals surface area contributed by atoms with Crippen LogP contribution in [0.25, 0.3) is 11.0 Å². The van der Waals surface area contributed by atoms with Gasteiger partial charge in [0.25, 0.3) is 0 Å². The van der Waals surface area contributed by atoms with Gasteiger partial charge in [-0.15, -0.1) is 0 Å². The molecule has 3 rings (SSSR count). The summed E-state index contributed by atoms with van der Waals surface area (Å²) in [6, 6.07) is 8.60. The Morgan fingerprint density at radius 1 is 1.17 bits per heavy atom. The predicted molar refractivity (Wildman–Crippen MR) is 72.9 cm³/mol. The second-order valence-corrected chi connectivity index (χ2v) is 4.33. The largest absolute Gasteiger partial charge is 0.464 e. The molecular formula is C14H18N2O2. The molecule has 4 nitrogen and oxygen atoms in total. The van der Waals surface area contributed by atoms with Crippen LogP contribution in [0.3, 0.4) is 0 Å². The van der Waals surface area contributed by atoms with Crippen LogP contribution < -0.4 is 10.7 Å². The number of likely N-dealkylation sites (N-methyl/N-ethyl adjacent to an activating group) is 1. The molecule has 0 radical (unpaired) electrons. The maximum absolute atomic E-state index is 11.1. The van der Waals surface area contributed by atoms with Crippen molar-refractivity contribution in [2.75, 3.05) is 33.2 Å². The van der Waals surface area contributed by atoms with Crippen molar-refractivity contribution in [3.8, 4) is 0 Å². The summed E-state index contributed by atoms with van der Waals surface area (Å²) in [7, 11) is 2.15. The SMILES string of the molecule is CN1CCNCC1.O=c1ccoc2ccccc12. The van der Waals surface area contributed by atoms with Gasteiger partial charge in [0, 0.05) is 32.2 Å². The Balaban J connectivity index is 0.000000149. The number of nitrogens with zero attached hydrogens (tertiary/aromatic N) is 1. The number of fused-ring (bicyclic) bond motifs is 1. The smallest absolute Gasteiger partial charge is 0.192 e. The highest BCUT2D eigenvalue weighted by molar-refractivity contribution is 5.75. The minimum Gasteiger partial charge on any atom is -0.464 e. The molecule has 1 fully saturated rings. The van der Waals surface area contributed by atoms with E-state index >= 15 is 0 Å². The first-order valence-corrected chi connectivity index (χ1v) is 6.13. The van der Waals surface area contributed by atoms with Gasteiger partial charge in [-0.25, -0.2) is 0 Å². The Morgan fingerprint density at radius 2 is 1.89 bits per heavy atom. The molecule has 18 heavy (non-hydrogen) atoms. The molecule has 1 aliphatic rings. The van der Waals surface area contributed by atoms with Gasteiger partial charge in [-0.3, -0.25) is 4.79 Å². The number of hydrogen-bond acceptors (Lipinski definition) is 4. The summed E-state index contributed by atoms with van der Waals surface area (Å²) in [5.41, 5.74) is 0.645. The van der Waals surface area contributed by atoms with Gasteiger partial charge >= 0.3 is 0 Å². The summed E-state index contributed by atoms with van der Waals surface area (Å²) in [5.74, 6) is 0. The van der Waals surface area contributed by atoms with Crippen molar-refractivity contribution < 1.29 is 4.42 Å². The topological polar surface area (TPSA) is 45.5 Å². The quantitative estimate of drug-likeness (QED) is 0.761. The van der Waals surface area contributed by atoms with Crippen molar-refractivity contribution in [1.29, 1.82) is 0 Å². The fourth-order valence-electron chi connectivity index (χ4n) is 1.81. The summed E-state index contributed by atoms with van der Waals surface area (Å²) in [6.07, 6.45) is 1.41. The first-order valence-electron chi connectivity index (χ1n) is 6.13. The number of hydrogen-bond donors (Lipinski definition) is 1. The van der Waals surface area contributed by atoms with Crippen LogP contribution in [-0.2, 0) is 0 Å². The Kier molecular flexibility index (Phi) is 4.50. The normalized spacial score (nSPS) is 16.1. The molecule has 1 N–H and O–H groups in total. The van der Waals surface area contributed by atoms with Gasteiger partial charge in [-0.2, -0.15) is 0 Å².